The Morgan fingerprint density at radius 2 is 2.21 bits per heavy atom. The summed E-state index contributed by atoms with van der Waals surface area (Å²) in [6.07, 6.45) is 5.77. The van der Waals surface area contributed by atoms with E-state index in [2.05, 4.69) is 26.8 Å². The number of rotatable bonds is 4. The molecule has 8 heteroatoms. The second kappa shape index (κ2) is 6.52. The summed E-state index contributed by atoms with van der Waals surface area (Å²) in [6.45, 7) is 4.90. The van der Waals surface area contributed by atoms with Crippen LogP contribution in [0.1, 0.15) is 20.3 Å². The van der Waals surface area contributed by atoms with E-state index in [0.29, 0.717) is 19.0 Å². The van der Waals surface area contributed by atoms with Gasteiger partial charge in [0.05, 0.1) is 5.39 Å². The lowest BCUT2D eigenvalue weighted by Gasteiger charge is -2.41. The van der Waals surface area contributed by atoms with Crippen molar-refractivity contribution in [3.8, 4) is 0 Å². The molecule has 2 aromatic heterocycles. The topological polar surface area (TPSA) is 82.2 Å². The maximum absolute atomic E-state index is 12.4. The number of nitrogens with zero attached hydrogens (tertiary/aromatic N) is 4. The lowest BCUT2D eigenvalue weighted by Crippen LogP contribution is -2.52. The Hall–Kier alpha value is -1.93. The number of hydrogen-bond acceptors (Lipinski definition) is 5. The quantitative estimate of drug-likeness (QED) is 0.912. The fourth-order valence-corrected chi connectivity index (χ4v) is 4.55. The van der Waals surface area contributed by atoms with E-state index in [1.54, 1.807) is 17.3 Å². The van der Waals surface area contributed by atoms with Gasteiger partial charge in [-0.1, -0.05) is 13.0 Å². The lowest BCUT2D eigenvalue weighted by atomic mass is 9.93. The first-order valence-electron chi connectivity index (χ1n) is 8.08. The van der Waals surface area contributed by atoms with Crippen LogP contribution in [0.2, 0.25) is 0 Å². The third kappa shape index (κ3) is 3.03. The Morgan fingerprint density at radius 3 is 2.96 bits per heavy atom. The lowest BCUT2D eigenvalue weighted by molar-refractivity contribution is 0.249. The largest absolute Gasteiger partial charge is 0.354 e. The number of allylic oxidation sites excluding steroid dienone is 1. The molecule has 2 aromatic rings. The van der Waals surface area contributed by atoms with Crippen molar-refractivity contribution >= 4 is 26.9 Å². The summed E-state index contributed by atoms with van der Waals surface area (Å²) in [6, 6.07) is 2.01. The third-order valence-corrected chi connectivity index (χ3v) is 6.38. The Kier molecular flexibility index (Phi) is 4.60. The number of aromatic nitrogens is 3. The van der Waals surface area contributed by atoms with Crippen LogP contribution >= 0.6 is 0 Å². The molecule has 1 saturated heterocycles. The molecule has 24 heavy (non-hydrogen) atoms. The van der Waals surface area contributed by atoms with Gasteiger partial charge in [0.25, 0.3) is 0 Å². The number of aromatic amines is 1. The number of sulfonamides is 1. The van der Waals surface area contributed by atoms with Gasteiger partial charge in [-0.25, -0.2) is 18.4 Å². The number of fused-ring (bicyclic) bond motifs is 1. The van der Waals surface area contributed by atoms with Crippen LogP contribution < -0.4 is 4.90 Å². The van der Waals surface area contributed by atoms with Crippen LogP contribution in [-0.4, -0.2) is 53.9 Å². The summed E-state index contributed by atoms with van der Waals surface area (Å²) >= 11 is 0. The van der Waals surface area contributed by atoms with Gasteiger partial charge in [0.1, 0.15) is 17.8 Å². The molecule has 3 rings (SSSR count). The minimum absolute atomic E-state index is 0.0618. The van der Waals surface area contributed by atoms with Crippen molar-refractivity contribution in [2.24, 2.45) is 5.92 Å². The second-order valence-corrected chi connectivity index (χ2v) is 8.07. The van der Waals surface area contributed by atoms with Crippen molar-refractivity contribution in [2.45, 2.75) is 26.3 Å². The third-order valence-electron chi connectivity index (χ3n) is 4.71. The van der Waals surface area contributed by atoms with Crippen molar-refractivity contribution < 1.29 is 8.42 Å². The number of H-pyrrole nitrogens is 1. The molecule has 2 atom stereocenters. The minimum atomic E-state index is -3.35. The van der Waals surface area contributed by atoms with Crippen LogP contribution in [-0.2, 0) is 10.0 Å². The molecule has 0 radical (unpaired) electrons. The van der Waals surface area contributed by atoms with Crippen LogP contribution in [0.3, 0.4) is 0 Å². The molecule has 1 aliphatic rings. The molecule has 1 N–H and O–H groups in total. The minimum Gasteiger partial charge on any atom is -0.354 e. The van der Waals surface area contributed by atoms with E-state index in [9.17, 15) is 8.42 Å². The molecule has 1 aliphatic heterocycles. The fraction of sp³-hybridized carbons (Fsp3) is 0.500. The van der Waals surface area contributed by atoms with Gasteiger partial charge in [-0.15, -0.1) is 0 Å². The Balaban J connectivity index is 1.90. The van der Waals surface area contributed by atoms with Crippen LogP contribution in [0.4, 0.5) is 5.82 Å². The van der Waals surface area contributed by atoms with E-state index >= 15 is 0 Å². The number of nitrogens with one attached hydrogen (secondary N) is 1. The van der Waals surface area contributed by atoms with Gasteiger partial charge < -0.3 is 9.88 Å². The van der Waals surface area contributed by atoms with Crippen LogP contribution in [0.5, 0.6) is 0 Å². The highest BCUT2D eigenvalue weighted by molar-refractivity contribution is 7.92. The summed E-state index contributed by atoms with van der Waals surface area (Å²) in [5.74, 6) is 1.19. The molecule has 3 heterocycles. The van der Waals surface area contributed by atoms with Gasteiger partial charge in [0.15, 0.2) is 0 Å². The van der Waals surface area contributed by atoms with Crippen molar-refractivity contribution in [3.63, 3.8) is 0 Å². The van der Waals surface area contributed by atoms with Crippen LogP contribution in [0, 0.1) is 5.92 Å². The molecule has 130 valence electrons. The van der Waals surface area contributed by atoms with Gasteiger partial charge >= 0.3 is 0 Å². The summed E-state index contributed by atoms with van der Waals surface area (Å²) in [7, 11) is -1.38. The molecule has 0 bridgehead atoms. The van der Waals surface area contributed by atoms with Gasteiger partial charge in [-0.3, -0.25) is 0 Å². The molecule has 0 aliphatic carbocycles. The van der Waals surface area contributed by atoms with Crippen LogP contribution in [0.25, 0.3) is 11.0 Å². The number of likely N-dealkylation sites (N-methyl/N-ethyl adjacent to an activating group) is 1. The highest BCUT2D eigenvalue weighted by Crippen LogP contribution is 2.29. The molecule has 0 saturated carbocycles. The Bertz CT molecular complexity index is 845. The van der Waals surface area contributed by atoms with Gasteiger partial charge in [0.2, 0.25) is 10.0 Å². The highest BCUT2D eigenvalue weighted by atomic mass is 32.2. The number of piperidine rings is 1. The van der Waals surface area contributed by atoms with E-state index < -0.39 is 10.0 Å². The molecular formula is C16H23N5O2S. The van der Waals surface area contributed by atoms with E-state index in [1.165, 1.54) is 11.7 Å². The Morgan fingerprint density at radius 1 is 1.42 bits per heavy atom. The van der Waals surface area contributed by atoms with Gasteiger partial charge in [-0.2, -0.15) is 4.31 Å². The molecule has 0 aromatic carbocycles. The molecule has 7 nitrogen and oxygen atoms in total. The van der Waals surface area contributed by atoms with Crippen molar-refractivity contribution in [1.29, 1.82) is 0 Å². The summed E-state index contributed by atoms with van der Waals surface area (Å²) in [5, 5.41) is 2.22. The maximum Gasteiger partial charge on any atom is 0.235 e. The zero-order valence-electron chi connectivity index (χ0n) is 14.2. The first kappa shape index (κ1) is 16.9. The molecular weight excluding hydrogens is 326 g/mol. The number of anilines is 1. The van der Waals surface area contributed by atoms with Crippen molar-refractivity contribution in [2.75, 3.05) is 25.0 Å². The summed E-state index contributed by atoms with van der Waals surface area (Å²) in [5.41, 5.74) is 0.786. The number of hydrogen-bond donors (Lipinski definition) is 1. The normalized spacial score (nSPS) is 23.1. The zero-order chi connectivity index (χ0) is 17.3. The molecule has 1 fully saturated rings. The zero-order valence-corrected chi connectivity index (χ0v) is 15.0. The van der Waals surface area contributed by atoms with E-state index in [0.717, 1.165) is 23.3 Å². The van der Waals surface area contributed by atoms with E-state index in [4.69, 9.17) is 0 Å². The smallest absolute Gasteiger partial charge is 0.235 e. The first-order chi connectivity index (χ1) is 11.4. The fourth-order valence-electron chi connectivity index (χ4n) is 3.31. The average molecular weight is 349 g/mol. The summed E-state index contributed by atoms with van der Waals surface area (Å²) in [4.78, 5) is 13.8. The summed E-state index contributed by atoms with van der Waals surface area (Å²) < 4.78 is 26.3. The molecule has 0 spiro atoms. The Labute approximate surface area is 142 Å². The second-order valence-electron chi connectivity index (χ2n) is 6.25. The average Bonchev–Trinajstić information content (AvgIpc) is 3.03. The standard InChI is InChI=1S/C16H23N5O2S/c1-4-9-24(22,23)21-8-6-12(2)14(10-21)20(3)16-13-5-7-17-15(13)18-11-19-16/h4-5,7,9,11-12,14H,6,8,10H2,1-3H3,(H,17,18,19)/b9-4-/t12-,14+/m1/s1. The first-order valence-corrected chi connectivity index (χ1v) is 9.58. The van der Waals surface area contributed by atoms with Crippen molar-refractivity contribution in [1.82, 2.24) is 19.3 Å². The van der Waals surface area contributed by atoms with E-state index in [1.807, 2.05) is 19.3 Å². The SMILES string of the molecule is C/C=C\S(=O)(=O)N1CC[C@@H](C)[C@@H](N(C)c2ncnc3[nH]ccc23)C1. The van der Waals surface area contributed by atoms with Crippen LogP contribution in [0.15, 0.2) is 30.1 Å². The van der Waals surface area contributed by atoms with Gasteiger partial charge in [-0.05, 0) is 25.3 Å². The van der Waals surface area contributed by atoms with Gasteiger partial charge in [0, 0.05) is 37.8 Å². The highest BCUT2D eigenvalue weighted by Gasteiger charge is 2.34. The molecule has 0 amide bonds. The predicted molar refractivity (Wildman–Crippen MR) is 95.2 cm³/mol. The van der Waals surface area contributed by atoms with E-state index in [-0.39, 0.29) is 6.04 Å². The predicted octanol–water partition coefficient (Wildman–Crippen LogP) is 1.97. The molecule has 0 unspecified atom stereocenters. The van der Waals surface area contributed by atoms with Crippen molar-refractivity contribution in [3.05, 3.63) is 30.1 Å². The maximum atomic E-state index is 12.4. The monoisotopic (exact) mass is 349 g/mol.